The van der Waals surface area contributed by atoms with E-state index in [1.165, 1.54) is 42.5 Å². The van der Waals surface area contributed by atoms with Gasteiger partial charge in [-0.25, -0.2) is 8.78 Å². The molecular formula is C27H34F2N2O2. The Hall–Kier alpha value is -3.02. The number of carbonyl (C=O) groups is 1. The van der Waals surface area contributed by atoms with Gasteiger partial charge in [0.1, 0.15) is 17.3 Å². The number of aromatic amines is 1. The minimum atomic E-state index is -2.83. The van der Waals surface area contributed by atoms with Crippen molar-refractivity contribution in [3.8, 4) is 11.5 Å². The number of Topliss-reactive ketones (excluding diaryl/α,β-unsaturated/α-hetero) is 1. The summed E-state index contributed by atoms with van der Waals surface area (Å²) in [6.07, 6.45) is 9.58. The molecule has 0 saturated carbocycles. The predicted octanol–water partition coefficient (Wildman–Crippen LogP) is 7.43. The third-order valence-corrected chi connectivity index (χ3v) is 5.21. The highest BCUT2D eigenvalue weighted by molar-refractivity contribution is 5.77. The summed E-state index contributed by atoms with van der Waals surface area (Å²) in [6, 6.07) is 12.1. The van der Waals surface area contributed by atoms with Gasteiger partial charge in [-0.05, 0) is 79.3 Å². The maximum atomic E-state index is 13.2. The Morgan fingerprint density at radius 2 is 1.73 bits per heavy atom. The smallest absolute Gasteiger partial charge is 0.270 e. The number of aromatic nitrogens is 2. The van der Waals surface area contributed by atoms with Crippen molar-refractivity contribution < 1.29 is 18.3 Å². The van der Waals surface area contributed by atoms with Crippen molar-refractivity contribution in [1.29, 1.82) is 0 Å². The van der Waals surface area contributed by atoms with Gasteiger partial charge in [-0.15, -0.1) is 0 Å². The fraction of sp³-hybridized carbons (Fsp3) is 0.407. The molecule has 0 aliphatic rings. The van der Waals surface area contributed by atoms with Gasteiger partial charge in [0.25, 0.3) is 5.92 Å². The lowest BCUT2D eigenvalue weighted by Gasteiger charge is -2.13. The quantitative estimate of drug-likeness (QED) is 0.323. The van der Waals surface area contributed by atoms with Crippen molar-refractivity contribution in [1.82, 2.24) is 10.2 Å². The largest absolute Gasteiger partial charge is 0.457 e. The highest BCUT2D eigenvalue weighted by Gasteiger charge is 2.23. The fourth-order valence-corrected chi connectivity index (χ4v) is 3.42. The molecule has 1 aromatic heterocycles. The van der Waals surface area contributed by atoms with Gasteiger partial charge < -0.3 is 4.74 Å². The zero-order valence-corrected chi connectivity index (χ0v) is 20.0. The van der Waals surface area contributed by atoms with Crippen LogP contribution in [0.1, 0.15) is 69.2 Å². The van der Waals surface area contributed by atoms with Crippen LogP contribution in [0.15, 0.2) is 54.9 Å². The number of aryl methyl sites for hydroxylation is 2. The Bertz CT molecular complexity index is 978. The van der Waals surface area contributed by atoms with Crippen molar-refractivity contribution in [2.45, 2.75) is 72.1 Å². The number of ketones is 1. The molecule has 6 heteroatoms. The number of rotatable bonds is 10. The number of unbranched alkanes of at least 4 members (excludes halogenated alkanes) is 2. The fourth-order valence-electron chi connectivity index (χ4n) is 3.42. The number of nitrogens with zero attached hydrogens (tertiary/aromatic N) is 1. The molecule has 0 saturated heterocycles. The molecule has 0 aliphatic heterocycles. The van der Waals surface area contributed by atoms with Crippen LogP contribution in [0.25, 0.3) is 0 Å². The van der Waals surface area contributed by atoms with Gasteiger partial charge in [-0.2, -0.15) is 5.10 Å². The lowest BCUT2D eigenvalue weighted by Crippen LogP contribution is -2.06. The molecule has 0 radical (unpaired) electrons. The Balaban J connectivity index is 0.000000357. The summed E-state index contributed by atoms with van der Waals surface area (Å²) < 4.78 is 32.3. The summed E-state index contributed by atoms with van der Waals surface area (Å²) in [5.41, 5.74) is 3.61. The van der Waals surface area contributed by atoms with Crippen LogP contribution in [0, 0.1) is 0 Å². The predicted molar refractivity (Wildman–Crippen MR) is 128 cm³/mol. The first-order valence-electron chi connectivity index (χ1n) is 11.5. The van der Waals surface area contributed by atoms with Gasteiger partial charge >= 0.3 is 0 Å². The number of halogens is 2. The van der Waals surface area contributed by atoms with Crippen molar-refractivity contribution >= 4 is 5.78 Å². The van der Waals surface area contributed by atoms with Crippen LogP contribution in [0.4, 0.5) is 8.78 Å². The number of nitrogens with one attached hydrogen (secondary N) is 1. The lowest BCUT2D eigenvalue weighted by molar-refractivity contribution is -0.116. The molecule has 33 heavy (non-hydrogen) atoms. The molecule has 0 fully saturated rings. The standard InChI is InChI=1S/C21H26F2O.C6H8N2O/c1-4-6-7-8-17-9-12-20(15-16(17)5-2)24-19-13-10-18(11-14-19)21(3,22)23;1-5(9)2-6-3-7-8-4-6/h9-15H,4-8H2,1-3H3;3-4H,2H2,1H3,(H,7,8). The van der Waals surface area contributed by atoms with E-state index in [-0.39, 0.29) is 11.3 Å². The minimum Gasteiger partial charge on any atom is -0.457 e. The molecule has 0 atom stereocenters. The van der Waals surface area contributed by atoms with Crippen LogP contribution < -0.4 is 4.74 Å². The SMILES string of the molecule is CC(=O)Cc1cn[nH]c1.CCCCCc1ccc(Oc2ccc(C(C)(F)F)cc2)cc1CC. The van der Waals surface area contributed by atoms with Crippen molar-refractivity contribution in [2.24, 2.45) is 0 Å². The maximum Gasteiger partial charge on any atom is 0.270 e. The third kappa shape index (κ3) is 9.16. The van der Waals surface area contributed by atoms with E-state index >= 15 is 0 Å². The second-order valence-corrected chi connectivity index (χ2v) is 8.24. The molecule has 1 heterocycles. The van der Waals surface area contributed by atoms with Crippen molar-refractivity contribution in [2.75, 3.05) is 0 Å². The van der Waals surface area contributed by atoms with Crippen LogP contribution in [0.2, 0.25) is 0 Å². The first-order valence-corrected chi connectivity index (χ1v) is 11.5. The third-order valence-electron chi connectivity index (χ3n) is 5.21. The summed E-state index contributed by atoms with van der Waals surface area (Å²) in [6.45, 7) is 6.80. The Morgan fingerprint density at radius 3 is 2.27 bits per heavy atom. The summed E-state index contributed by atoms with van der Waals surface area (Å²) in [5.74, 6) is -1.34. The van der Waals surface area contributed by atoms with Gasteiger partial charge in [0.2, 0.25) is 0 Å². The van der Waals surface area contributed by atoms with Crippen LogP contribution in [0.5, 0.6) is 11.5 Å². The monoisotopic (exact) mass is 456 g/mol. The molecule has 0 aliphatic carbocycles. The zero-order valence-electron chi connectivity index (χ0n) is 20.0. The average Bonchev–Trinajstić information content (AvgIpc) is 3.27. The molecule has 3 rings (SSSR count). The van der Waals surface area contributed by atoms with Crippen molar-refractivity contribution in [3.63, 3.8) is 0 Å². The molecule has 0 bridgehead atoms. The molecule has 1 N–H and O–H groups in total. The highest BCUT2D eigenvalue weighted by atomic mass is 19.3. The molecule has 2 aromatic carbocycles. The average molecular weight is 457 g/mol. The second-order valence-electron chi connectivity index (χ2n) is 8.24. The molecule has 3 aromatic rings. The number of benzene rings is 2. The first kappa shape index (κ1) is 26.2. The zero-order chi connectivity index (χ0) is 24.3. The number of hydrogen-bond acceptors (Lipinski definition) is 3. The van der Waals surface area contributed by atoms with E-state index in [0.29, 0.717) is 12.2 Å². The molecular weight excluding hydrogens is 422 g/mol. The molecule has 4 nitrogen and oxygen atoms in total. The normalized spacial score (nSPS) is 11.0. The van der Waals surface area contributed by atoms with E-state index in [1.54, 1.807) is 31.5 Å². The molecule has 0 amide bonds. The topological polar surface area (TPSA) is 55.0 Å². The maximum absolute atomic E-state index is 13.2. The van der Waals surface area contributed by atoms with Gasteiger partial charge in [-0.1, -0.05) is 32.8 Å². The molecule has 0 spiro atoms. The van der Waals surface area contributed by atoms with Gasteiger partial charge in [0.15, 0.2) is 0 Å². The van der Waals surface area contributed by atoms with E-state index in [1.807, 2.05) is 6.07 Å². The summed E-state index contributed by atoms with van der Waals surface area (Å²) in [7, 11) is 0. The number of hydrogen-bond donors (Lipinski definition) is 1. The van der Waals surface area contributed by atoms with Crippen molar-refractivity contribution in [3.05, 3.63) is 77.1 Å². The minimum absolute atomic E-state index is 0.00429. The van der Waals surface area contributed by atoms with E-state index in [9.17, 15) is 13.6 Å². The van der Waals surface area contributed by atoms with E-state index < -0.39 is 5.92 Å². The number of alkyl halides is 2. The molecule has 0 unspecified atom stereocenters. The van der Waals surface area contributed by atoms with Crippen LogP contribution >= 0.6 is 0 Å². The summed E-state index contributed by atoms with van der Waals surface area (Å²) in [4.78, 5) is 10.5. The second kappa shape index (κ2) is 12.9. The summed E-state index contributed by atoms with van der Waals surface area (Å²) in [5, 5.41) is 6.33. The van der Waals surface area contributed by atoms with Crippen LogP contribution in [-0.4, -0.2) is 16.0 Å². The first-order chi connectivity index (χ1) is 15.7. The summed E-state index contributed by atoms with van der Waals surface area (Å²) >= 11 is 0. The number of carbonyl (C=O) groups excluding carboxylic acids is 1. The Labute approximate surface area is 195 Å². The van der Waals surface area contributed by atoms with Gasteiger partial charge in [-0.3, -0.25) is 9.89 Å². The van der Waals surface area contributed by atoms with Gasteiger partial charge in [0, 0.05) is 25.1 Å². The Morgan fingerprint density at radius 1 is 1.03 bits per heavy atom. The van der Waals surface area contributed by atoms with Gasteiger partial charge in [0.05, 0.1) is 6.20 Å². The number of H-pyrrole nitrogens is 1. The van der Waals surface area contributed by atoms with E-state index in [0.717, 1.165) is 31.1 Å². The molecule has 178 valence electrons. The lowest BCUT2D eigenvalue weighted by atomic mass is 9.99. The number of ether oxygens (including phenoxy) is 1. The van der Waals surface area contributed by atoms with E-state index in [2.05, 4.69) is 36.2 Å². The Kier molecular flexibility index (Phi) is 10.2. The highest BCUT2D eigenvalue weighted by Crippen LogP contribution is 2.30. The van der Waals surface area contributed by atoms with Crippen LogP contribution in [0.3, 0.4) is 0 Å². The van der Waals surface area contributed by atoms with Crippen LogP contribution in [-0.2, 0) is 30.0 Å². The van der Waals surface area contributed by atoms with E-state index in [4.69, 9.17) is 4.74 Å².